The van der Waals surface area contributed by atoms with Gasteiger partial charge in [-0.15, -0.1) is 0 Å². The number of ketones is 1. The number of morpholine rings is 1. The van der Waals surface area contributed by atoms with E-state index in [4.69, 9.17) is 13.9 Å². The number of benzene rings is 1. The zero-order valence-corrected chi connectivity index (χ0v) is 19.3. The average Bonchev–Trinajstić information content (AvgIpc) is 3.29. The first-order valence-electron chi connectivity index (χ1n) is 11.9. The van der Waals surface area contributed by atoms with Gasteiger partial charge in [0.15, 0.2) is 11.7 Å². The molecule has 1 saturated heterocycles. The van der Waals surface area contributed by atoms with E-state index in [1.54, 1.807) is 11.8 Å². The molecule has 2 amide bonds. The Bertz CT molecular complexity index is 1030. The maximum absolute atomic E-state index is 13.4. The van der Waals surface area contributed by atoms with Crippen LogP contribution in [0.25, 0.3) is 11.1 Å². The lowest BCUT2D eigenvalue weighted by atomic mass is 9.84. The van der Waals surface area contributed by atoms with Crippen molar-refractivity contribution in [2.24, 2.45) is 5.92 Å². The highest BCUT2D eigenvalue weighted by molar-refractivity contribution is 5.99. The number of nitrogens with zero attached hydrogens (tertiary/aromatic N) is 2. The van der Waals surface area contributed by atoms with E-state index < -0.39 is 29.8 Å². The minimum absolute atomic E-state index is 0.0578. The zero-order valence-electron chi connectivity index (χ0n) is 19.3. The van der Waals surface area contributed by atoms with Crippen LogP contribution in [0.2, 0.25) is 0 Å². The first-order chi connectivity index (χ1) is 16.5. The number of halogens is 1. The highest BCUT2D eigenvalue weighted by Crippen LogP contribution is 2.29. The molecule has 0 bridgehead atoms. The Morgan fingerprint density at radius 2 is 1.94 bits per heavy atom. The van der Waals surface area contributed by atoms with Gasteiger partial charge in [0, 0.05) is 25.1 Å². The standard InChI is InChI=1S/C24H30FN3O6/c1-2-17(20(29)22-26-18-9-8-16(25)14-19(18)33-22)27-24(31)34-21(15-6-4-3-5-7-15)23(30)28-10-12-32-13-11-28/h8-9,14-15,17,21H,2-7,10-13H2,1H3,(H,27,31)/t17-,21-/m0/s1. The van der Waals surface area contributed by atoms with Crippen LogP contribution in [0.3, 0.4) is 0 Å². The molecule has 2 heterocycles. The van der Waals surface area contributed by atoms with Crippen LogP contribution in [0.1, 0.15) is 56.1 Å². The number of fused-ring (bicyclic) bond motifs is 1. The molecule has 2 fully saturated rings. The van der Waals surface area contributed by atoms with Crippen LogP contribution in [-0.4, -0.2) is 66.1 Å². The fourth-order valence-corrected chi connectivity index (χ4v) is 4.55. The van der Waals surface area contributed by atoms with Gasteiger partial charge in [0.25, 0.3) is 11.8 Å². The van der Waals surface area contributed by atoms with Gasteiger partial charge in [0.2, 0.25) is 5.78 Å². The third-order valence-electron chi connectivity index (χ3n) is 6.46. The van der Waals surface area contributed by atoms with Crippen LogP contribution in [0.15, 0.2) is 22.6 Å². The highest BCUT2D eigenvalue weighted by Gasteiger charge is 2.37. The van der Waals surface area contributed by atoms with Crippen LogP contribution in [-0.2, 0) is 14.3 Å². The number of rotatable bonds is 7. The van der Waals surface area contributed by atoms with Crippen LogP contribution in [0, 0.1) is 11.7 Å². The van der Waals surface area contributed by atoms with Gasteiger partial charge in [-0.2, -0.15) is 0 Å². The van der Waals surface area contributed by atoms with Gasteiger partial charge in [-0.1, -0.05) is 26.2 Å². The third kappa shape index (κ3) is 5.55. The number of carbonyl (C=O) groups is 3. The van der Waals surface area contributed by atoms with Crippen molar-refractivity contribution in [3.05, 3.63) is 29.9 Å². The number of ether oxygens (including phenoxy) is 2. The Balaban J connectivity index is 1.45. The summed E-state index contributed by atoms with van der Waals surface area (Å²) in [5, 5.41) is 2.57. The highest BCUT2D eigenvalue weighted by atomic mass is 19.1. The molecule has 2 aliphatic rings. The molecule has 9 nitrogen and oxygen atoms in total. The Morgan fingerprint density at radius 3 is 2.65 bits per heavy atom. The first-order valence-corrected chi connectivity index (χ1v) is 11.9. The summed E-state index contributed by atoms with van der Waals surface area (Å²) in [6.45, 7) is 3.55. The fraction of sp³-hybridized carbons (Fsp3) is 0.583. The summed E-state index contributed by atoms with van der Waals surface area (Å²) in [6, 6.07) is 2.83. The van der Waals surface area contributed by atoms with Crippen molar-refractivity contribution in [1.82, 2.24) is 15.2 Å². The number of Topliss-reactive ketones (excluding diaryl/α,β-unsaturated/α-hetero) is 1. The minimum atomic E-state index is -0.962. The summed E-state index contributed by atoms with van der Waals surface area (Å²) in [7, 11) is 0. The van der Waals surface area contributed by atoms with Gasteiger partial charge in [-0.05, 0) is 31.4 Å². The fourth-order valence-electron chi connectivity index (χ4n) is 4.55. The maximum Gasteiger partial charge on any atom is 0.408 e. The van der Waals surface area contributed by atoms with Crippen molar-refractivity contribution in [2.45, 2.75) is 57.6 Å². The van der Waals surface area contributed by atoms with E-state index in [2.05, 4.69) is 10.3 Å². The molecule has 10 heteroatoms. The molecule has 1 aromatic heterocycles. The second-order valence-electron chi connectivity index (χ2n) is 8.76. The van der Waals surface area contributed by atoms with Crippen LogP contribution >= 0.6 is 0 Å². The van der Waals surface area contributed by atoms with E-state index in [1.807, 2.05) is 0 Å². The lowest BCUT2D eigenvalue weighted by molar-refractivity contribution is -0.148. The number of amides is 2. The molecule has 2 aromatic rings. The first kappa shape index (κ1) is 24.1. The number of hydrogen-bond acceptors (Lipinski definition) is 7. The lowest BCUT2D eigenvalue weighted by Gasteiger charge is -2.34. The van der Waals surface area contributed by atoms with Crippen LogP contribution in [0.4, 0.5) is 9.18 Å². The summed E-state index contributed by atoms with van der Waals surface area (Å²) >= 11 is 0. The quantitative estimate of drug-likeness (QED) is 0.611. The van der Waals surface area contributed by atoms with Crippen molar-refractivity contribution in [3.8, 4) is 0 Å². The number of oxazole rings is 1. The predicted molar refractivity (Wildman–Crippen MR) is 120 cm³/mol. The maximum atomic E-state index is 13.4. The second kappa shape index (κ2) is 10.9. The summed E-state index contributed by atoms with van der Waals surface area (Å²) in [4.78, 5) is 44.7. The topological polar surface area (TPSA) is 111 Å². The third-order valence-corrected chi connectivity index (χ3v) is 6.46. The van der Waals surface area contributed by atoms with Gasteiger partial charge in [-0.25, -0.2) is 14.2 Å². The molecular formula is C24H30FN3O6. The van der Waals surface area contributed by atoms with Crippen molar-refractivity contribution in [1.29, 1.82) is 0 Å². The average molecular weight is 476 g/mol. The van der Waals surface area contributed by atoms with E-state index in [-0.39, 0.29) is 29.7 Å². The SMILES string of the molecule is CC[C@H](NC(=O)O[C@H](C(=O)N1CCOCC1)C1CCCCC1)C(=O)c1nc2ccc(F)cc2o1. The van der Waals surface area contributed by atoms with Crippen LogP contribution in [0.5, 0.6) is 0 Å². The second-order valence-corrected chi connectivity index (χ2v) is 8.76. The Labute approximate surface area is 197 Å². The Kier molecular flexibility index (Phi) is 7.77. The summed E-state index contributed by atoms with van der Waals surface area (Å²) < 4.78 is 29.8. The molecule has 1 aromatic carbocycles. The monoisotopic (exact) mass is 475 g/mol. The van der Waals surface area contributed by atoms with Gasteiger partial charge < -0.3 is 24.1 Å². The van der Waals surface area contributed by atoms with Gasteiger partial charge in [0.05, 0.1) is 13.2 Å². The van der Waals surface area contributed by atoms with E-state index in [1.165, 1.54) is 12.1 Å². The van der Waals surface area contributed by atoms with Gasteiger partial charge >= 0.3 is 6.09 Å². The van der Waals surface area contributed by atoms with Crippen molar-refractivity contribution in [2.75, 3.05) is 26.3 Å². The predicted octanol–water partition coefficient (Wildman–Crippen LogP) is 3.46. The number of alkyl carbamates (subject to hydrolysis) is 1. The van der Waals surface area contributed by atoms with Crippen LogP contribution < -0.4 is 5.32 Å². The molecule has 1 aliphatic heterocycles. The summed E-state index contributed by atoms with van der Waals surface area (Å²) in [5.74, 6) is -1.55. The normalized spacial score (nSPS) is 18.9. The molecule has 0 unspecified atom stereocenters. The smallest absolute Gasteiger partial charge is 0.408 e. The van der Waals surface area contributed by atoms with Crippen molar-refractivity contribution < 1.29 is 32.7 Å². The number of hydrogen-bond donors (Lipinski definition) is 1. The van der Waals surface area contributed by atoms with E-state index in [0.717, 1.165) is 38.2 Å². The lowest BCUT2D eigenvalue weighted by Crippen LogP contribution is -2.51. The molecule has 1 aliphatic carbocycles. The number of aromatic nitrogens is 1. The molecule has 4 rings (SSSR count). The Hall–Kier alpha value is -3.01. The largest absolute Gasteiger partial charge is 0.436 e. The molecule has 2 atom stereocenters. The van der Waals surface area contributed by atoms with E-state index >= 15 is 0 Å². The molecule has 0 radical (unpaired) electrons. The molecule has 184 valence electrons. The molecule has 1 saturated carbocycles. The van der Waals surface area contributed by atoms with Gasteiger partial charge in [-0.3, -0.25) is 9.59 Å². The van der Waals surface area contributed by atoms with Crippen molar-refractivity contribution in [3.63, 3.8) is 0 Å². The summed E-state index contributed by atoms with van der Waals surface area (Å²) in [5.41, 5.74) is 0.491. The number of carbonyl (C=O) groups excluding carboxylic acids is 3. The van der Waals surface area contributed by atoms with E-state index in [0.29, 0.717) is 31.8 Å². The zero-order chi connectivity index (χ0) is 24.1. The van der Waals surface area contributed by atoms with Gasteiger partial charge in [0.1, 0.15) is 17.4 Å². The Morgan fingerprint density at radius 1 is 1.21 bits per heavy atom. The summed E-state index contributed by atoms with van der Waals surface area (Å²) in [6.07, 6.45) is 3.20. The number of nitrogens with one attached hydrogen (secondary N) is 1. The molecule has 1 N–H and O–H groups in total. The molecule has 34 heavy (non-hydrogen) atoms. The van der Waals surface area contributed by atoms with Crippen molar-refractivity contribution >= 4 is 28.9 Å². The molecular weight excluding hydrogens is 445 g/mol. The van der Waals surface area contributed by atoms with E-state index in [9.17, 15) is 18.8 Å². The molecule has 0 spiro atoms. The minimum Gasteiger partial charge on any atom is -0.436 e.